The van der Waals surface area contributed by atoms with E-state index in [-0.39, 0.29) is 12.4 Å². The minimum atomic E-state index is -2.71. The Labute approximate surface area is 96.4 Å². The predicted octanol–water partition coefficient (Wildman–Crippen LogP) is 2.75. The van der Waals surface area contributed by atoms with E-state index in [4.69, 9.17) is 4.89 Å². The van der Waals surface area contributed by atoms with Crippen LogP contribution in [0.2, 0.25) is 0 Å². The molecule has 6 heteroatoms. The lowest BCUT2D eigenvalue weighted by Gasteiger charge is -1.88. The van der Waals surface area contributed by atoms with Gasteiger partial charge in [0.2, 0.25) is 5.78 Å². The Hall–Kier alpha value is -1.13. The van der Waals surface area contributed by atoms with Crippen molar-refractivity contribution in [2.24, 2.45) is 0 Å². The van der Waals surface area contributed by atoms with Crippen LogP contribution >= 0.6 is 19.6 Å². The topological polar surface area (TPSA) is 63.6 Å². The highest BCUT2D eigenvalue weighted by Crippen LogP contribution is 2.26. The molecule has 1 atom stereocenters. The fraction of sp³-hybridized carbons (Fsp3) is 0.100. The van der Waals surface area contributed by atoms with E-state index in [0.29, 0.717) is 4.88 Å². The van der Waals surface area contributed by atoms with Gasteiger partial charge in [-0.2, -0.15) is 0 Å². The Balaban J connectivity index is 2.20. The van der Waals surface area contributed by atoms with Gasteiger partial charge in [-0.3, -0.25) is 4.79 Å². The van der Waals surface area contributed by atoms with Crippen LogP contribution in [0, 0.1) is 0 Å². The zero-order chi connectivity index (χ0) is 11.5. The van der Waals surface area contributed by atoms with E-state index in [1.807, 2.05) is 24.3 Å². The average Bonchev–Trinajstić information content (AvgIpc) is 2.69. The fourth-order valence-corrected chi connectivity index (χ4v) is 2.52. The Bertz CT molecular complexity index is 515. The van der Waals surface area contributed by atoms with Crippen LogP contribution in [-0.4, -0.2) is 17.3 Å². The van der Waals surface area contributed by atoms with Crippen LogP contribution < -0.4 is 0 Å². The monoisotopic (exact) mass is 255 g/mol. The standard InChI is InChI=1S/C10H7O4PS/c11-8(6-14-15(12)13)10-5-7-3-1-2-4-9(7)16-10/h1-5H,6H2/p+1. The number of Topliss-reactive ketones (excluding diaryl/α,β-unsaturated/α-hetero) is 1. The SMILES string of the molecule is O=C(CO[P+](=O)O)c1cc2ccccc2s1. The van der Waals surface area contributed by atoms with Gasteiger partial charge < -0.3 is 0 Å². The van der Waals surface area contributed by atoms with Crippen molar-refractivity contribution >= 4 is 35.5 Å². The molecule has 0 aliphatic heterocycles. The highest BCUT2D eigenvalue weighted by molar-refractivity contribution is 7.32. The Morgan fingerprint density at radius 2 is 2.19 bits per heavy atom. The molecule has 0 fully saturated rings. The first-order chi connectivity index (χ1) is 7.66. The van der Waals surface area contributed by atoms with Gasteiger partial charge in [0, 0.05) is 9.26 Å². The van der Waals surface area contributed by atoms with Gasteiger partial charge >= 0.3 is 8.25 Å². The number of thiophene rings is 1. The third-order valence-electron chi connectivity index (χ3n) is 2.01. The van der Waals surface area contributed by atoms with E-state index in [1.54, 1.807) is 6.07 Å². The van der Waals surface area contributed by atoms with Crippen LogP contribution in [0.5, 0.6) is 0 Å². The molecule has 82 valence electrons. The second-order valence-electron chi connectivity index (χ2n) is 3.08. The van der Waals surface area contributed by atoms with Crippen molar-refractivity contribution in [1.29, 1.82) is 0 Å². The molecule has 1 aromatic carbocycles. The van der Waals surface area contributed by atoms with Gasteiger partial charge in [0.1, 0.15) is 0 Å². The van der Waals surface area contributed by atoms with Crippen molar-refractivity contribution in [2.45, 2.75) is 0 Å². The molecule has 0 amide bonds. The Morgan fingerprint density at radius 1 is 1.44 bits per heavy atom. The third-order valence-corrected chi connectivity index (χ3v) is 3.51. The number of fused-ring (bicyclic) bond motifs is 1. The fourth-order valence-electron chi connectivity index (χ4n) is 1.30. The second-order valence-corrected chi connectivity index (χ2v) is 4.90. The molecule has 0 saturated heterocycles. The van der Waals surface area contributed by atoms with Gasteiger partial charge in [-0.25, -0.2) is 0 Å². The maximum absolute atomic E-state index is 11.6. The van der Waals surface area contributed by atoms with Gasteiger partial charge in [0.15, 0.2) is 6.61 Å². The summed E-state index contributed by atoms with van der Waals surface area (Å²) in [6, 6.07) is 9.38. The first kappa shape index (κ1) is 11.4. The largest absolute Gasteiger partial charge is 0.695 e. The highest BCUT2D eigenvalue weighted by Gasteiger charge is 2.18. The highest BCUT2D eigenvalue weighted by atomic mass is 32.1. The summed E-state index contributed by atoms with van der Waals surface area (Å²) in [5.74, 6) is -0.279. The summed E-state index contributed by atoms with van der Waals surface area (Å²) >= 11 is 1.35. The normalized spacial score (nSPS) is 11.7. The van der Waals surface area contributed by atoms with E-state index in [9.17, 15) is 9.36 Å². The van der Waals surface area contributed by atoms with Crippen molar-refractivity contribution < 1.29 is 18.8 Å². The third kappa shape index (κ3) is 2.51. The number of carbonyl (C=O) groups is 1. The minimum Gasteiger partial charge on any atom is -0.290 e. The zero-order valence-electron chi connectivity index (χ0n) is 8.12. The number of carbonyl (C=O) groups excluding carboxylic acids is 1. The maximum atomic E-state index is 11.6. The van der Waals surface area contributed by atoms with E-state index in [0.717, 1.165) is 10.1 Å². The summed E-state index contributed by atoms with van der Waals surface area (Å²) in [4.78, 5) is 20.5. The van der Waals surface area contributed by atoms with Crippen molar-refractivity contribution in [3.8, 4) is 0 Å². The molecule has 0 spiro atoms. The van der Waals surface area contributed by atoms with Crippen molar-refractivity contribution in [3.63, 3.8) is 0 Å². The van der Waals surface area contributed by atoms with Gasteiger partial charge in [0.05, 0.1) is 4.88 Å². The Kier molecular flexibility index (Phi) is 3.41. The first-order valence-electron chi connectivity index (χ1n) is 4.47. The van der Waals surface area contributed by atoms with Crippen LogP contribution in [0.25, 0.3) is 10.1 Å². The summed E-state index contributed by atoms with van der Waals surface area (Å²) < 4.78 is 15.7. The van der Waals surface area contributed by atoms with Gasteiger partial charge in [-0.15, -0.1) is 20.8 Å². The zero-order valence-corrected chi connectivity index (χ0v) is 9.83. The van der Waals surface area contributed by atoms with Crippen molar-refractivity contribution in [1.82, 2.24) is 0 Å². The summed E-state index contributed by atoms with van der Waals surface area (Å²) in [5.41, 5.74) is 0. The number of benzene rings is 1. The molecule has 2 rings (SSSR count). The summed E-state index contributed by atoms with van der Waals surface area (Å²) in [6.45, 7) is -0.363. The quantitative estimate of drug-likeness (QED) is 0.674. The van der Waals surface area contributed by atoms with E-state index < -0.39 is 8.25 Å². The molecular weight excluding hydrogens is 247 g/mol. The molecule has 2 aromatic rings. The van der Waals surface area contributed by atoms with Crippen LogP contribution in [0.15, 0.2) is 30.3 Å². The van der Waals surface area contributed by atoms with Crippen LogP contribution in [-0.2, 0) is 9.09 Å². The molecular formula is C10H8O4PS+. The summed E-state index contributed by atoms with van der Waals surface area (Å²) in [5, 5.41) is 0.990. The lowest BCUT2D eigenvalue weighted by molar-refractivity contribution is 0.0921. The number of rotatable bonds is 4. The summed E-state index contributed by atoms with van der Waals surface area (Å²) in [7, 11) is -2.71. The van der Waals surface area contributed by atoms with Crippen molar-refractivity contribution in [3.05, 3.63) is 35.2 Å². The molecule has 0 radical (unpaired) electrons. The minimum absolute atomic E-state index is 0.279. The maximum Gasteiger partial charge on any atom is 0.695 e. The molecule has 1 heterocycles. The first-order valence-corrected chi connectivity index (χ1v) is 6.42. The molecule has 1 aromatic heterocycles. The molecule has 16 heavy (non-hydrogen) atoms. The number of hydrogen-bond acceptors (Lipinski definition) is 4. The van der Waals surface area contributed by atoms with Gasteiger partial charge in [-0.05, 0) is 17.5 Å². The van der Waals surface area contributed by atoms with Crippen LogP contribution in [0.4, 0.5) is 0 Å². The Morgan fingerprint density at radius 3 is 2.88 bits per heavy atom. The second kappa shape index (κ2) is 4.80. The van der Waals surface area contributed by atoms with E-state index >= 15 is 0 Å². The number of ketones is 1. The van der Waals surface area contributed by atoms with Crippen LogP contribution in [0.1, 0.15) is 9.67 Å². The average molecular weight is 255 g/mol. The molecule has 1 unspecified atom stereocenters. The molecule has 0 aliphatic rings. The van der Waals surface area contributed by atoms with Crippen LogP contribution in [0.3, 0.4) is 0 Å². The molecule has 1 N–H and O–H groups in total. The molecule has 4 nitrogen and oxygen atoms in total. The van der Waals surface area contributed by atoms with E-state index in [1.165, 1.54) is 11.3 Å². The lowest BCUT2D eigenvalue weighted by atomic mass is 10.2. The molecule has 0 aliphatic carbocycles. The molecule has 0 bridgehead atoms. The van der Waals surface area contributed by atoms with E-state index in [2.05, 4.69) is 4.52 Å². The van der Waals surface area contributed by atoms with Crippen molar-refractivity contribution in [2.75, 3.05) is 6.61 Å². The lowest BCUT2D eigenvalue weighted by Crippen LogP contribution is -2.03. The molecule has 0 saturated carbocycles. The van der Waals surface area contributed by atoms with Gasteiger partial charge in [-0.1, -0.05) is 18.2 Å². The predicted molar refractivity (Wildman–Crippen MR) is 61.9 cm³/mol. The smallest absolute Gasteiger partial charge is 0.290 e. The van der Waals surface area contributed by atoms with Gasteiger partial charge in [0.25, 0.3) is 0 Å². The number of hydrogen-bond donors (Lipinski definition) is 1. The summed E-state index contributed by atoms with van der Waals surface area (Å²) in [6.07, 6.45) is 0.